The number of methoxy groups -OCH3 is 1. The van der Waals surface area contributed by atoms with Gasteiger partial charge >= 0.3 is 0 Å². The summed E-state index contributed by atoms with van der Waals surface area (Å²) in [5.74, 6) is 3.60. The van der Waals surface area contributed by atoms with E-state index in [4.69, 9.17) is 11.2 Å². The molecule has 0 saturated heterocycles. The Morgan fingerprint density at radius 1 is 1.54 bits per heavy atom. The normalized spacial score (nSPS) is 17.5. The molecule has 0 N–H and O–H groups in total. The van der Waals surface area contributed by atoms with Crippen LogP contribution in [0.1, 0.15) is 18.4 Å². The second-order valence-corrected chi connectivity index (χ2v) is 3.34. The van der Waals surface area contributed by atoms with Crippen LogP contribution in [-0.4, -0.2) is 12.1 Å². The quantitative estimate of drug-likeness (QED) is 0.636. The first kappa shape index (κ1) is 8.12. The lowest BCUT2D eigenvalue weighted by atomic mass is 9.99. The summed E-state index contributed by atoms with van der Waals surface area (Å²) < 4.78 is 5.09. The van der Waals surface area contributed by atoms with Gasteiger partial charge in [0.15, 0.2) is 0 Å². The van der Waals surface area contributed by atoms with Crippen LogP contribution in [0.4, 0.5) is 0 Å². The SMILES string of the molecule is C#CC1(c2cncc(OC)c2)CC1. The molecular weight excluding hydrogens is 162 g/mol. The molecule has 0 aromatic carbocycles. The molecule has 1 aliphatic carbocycles. The van der Waals surface area contributed by atoms with Crippen LogP contribution in [0.15, 0.2) is 18.5 Å². The number of ether oxygens (including phenoxy) is 1. The Morgan fingerprint density at radius 3 is 2.85 bits per heavy atom. The molecule has 0 amide bonds. The number of aromatic nitrogens is 1. The van der Waals surface area contributed by atoms with Crippen LogP contribution >= 0.6 is 0 Å². The van der Waals surface area contributed by atoms with Crippen molar-refractivity contribution in [1.29, 1.82) is 0 Å². The second-order valence-electron chi connectivity index (χ2n) is 3.34. The first-order valence-electron chi connectivity index (χ1n) is 4.28. The molecule has 2 nitrogen and oxygen atoms in total. The maximum atomic E-state index is 5.47. The Hall–Kier alpha value is -1.49. The Labute approximate surface area is 77.9 Å². The van der Waals surface area contributed by atoms with Crippen molar-refractivity contribution in [3.05, 3.63) is 24.0 Å². The Morgan fingerprint density at radius 2 is 2.31 bits per heavy atom. The molecule has 66 valence electrons. The van der Waals surface area contributed by atoms with Crippen molar-refractivity contribution in [3.8, 4) is 18.1 Å². The summed E-state index contributed by atoms with van der Waals surface area (Å²) in [4.78, 5) is 4.09. The van der Waals surface area contributed by atoms with Crippen LogP contribution in [0.5, 0.6) is 5.75 Å². The molecule has 0 radical (unpaired) electrons. The maximum absolute atomic E-state index is 5.47. The third-order valence-corrected chi connectivity index (χ3v) is 2.53. The van der Waals surface area contributed by atoms with E-state index in [0.29, 0.717) is 0 Å². The highest BCUT2D eigenvalue weighted by atomic mass is 16.5. The zero-order valence-corrected chi connectivity index (χ0v) is 7.58. The van der Waals surface area contributed by atoms with Gasteiger partial charge in [0.05, 0.1) is 18.7 Å². The van der Waals surface area contributed by atoms with Crippen molar-refractivity contribution in [3.63, 3.8) is 0 Å². The maximum Gasteiger partial charge on any atom is 0.137 e. The lowest BCUT2D eigenvalue weighted by molar-refractivity contribution is 0.412. The summed E-state index contributed by atoms with van der Waals surface area (Å²) in [5.41, 5.74) is 1.07. The topological polar surface area (TPSA) is 22.1 Å². The molecule has 1 aromatic rings. The van der Waals surface area contributed by atoms with Crippen LogP contribution < -0.4 is 4.74 Å². The van der Waals surface area contributed by atoms with Gasteiger partial charge in [-0.2, -0.15) is 0 Å². The van der Waals surface area contributed by atoms with Crippen LogP contribution in [0, 0.1) is 12.3 Å². The standard InChI is InChI=1S/C11H11NO/c1-3-11(4-5-11)9-6-10(13-2)8-12-7-9/h1,6-8H,4-5H2,2H3. The smallest absolute Gasteiger partial charge is 0.137 e. The minimum atomic E-state index is -0.0401. The first-order chi connectivity index (χ1) is 6.30. The number of rotatable bonds is 2. The zero-order valence-electron chi connectivity index (χ0n) is 7.58. The molecule has 0 atom stereocenters. The van der Waals surface area contributed by atoms with Crippen LogP contribution in [0.3, 0.4) is 0 Å². The zero-order chi connectivity index (χ0) is 9.31. The van der Waals surface area contributed by atoms with E-state index in [-0.39, 0.29) is 5.41 Å². The molecule has 2 heteroatoms. The minimum Gasteiger partial charge on any atom is -0.495 e. The minimum absolute atomic E-state index is 0.0401. The molecule has 0 bridgehead atoms. The van der Waals surface area contributed by atoms with Crippen molar-refractivity contribution in [2.45, 2.75) is 18.3 Å². The molecule has 1 saturated carbocycles. The summed E-state index contributed by atoms with van der Waals surface area (Å²) in [6.45, 7) is 0. The van der Waals surface area contributed by atoms with Crippen LogP contribution in [0.2, 0.25) is 0 Å². The molecule has 1 fully saturated rings. The highest BCUT2D eigenvalue weighted by Gasteiger charge is 2.43. The average molecular weight is 173 g/mol. The number of hydrogen-bond acceptors (Lipinski definition) is 2. The third kappa shape index (κ3) is 1.27. The van der Waals surface area contributed by atoms with Gasteiger partial charge in [0.1, 0.15) is 5.75 Å². The summed E-state index contributed by atoms with van der Waals surface area (Å²) in [5, 5.41) is 0. The fourth-order valence-corrected chi connectivity index (χ4v) is 1.43. The molecule has 0 aliphatic heterocycles. The summed E-state index contributed by atoms with van der Waals surface area (Å²) in [6, 6.07) is 1.97. The predicted octanol–water partition coefficient (Wildman–Crippen LogP) is 1.75. The monoisotopic (exact) mass is 173 g/mol. The summed E-state index contributed by atoms with van der Waals surface area (Å²) in [7, 11) is 1.64. The van der Waals surface area contributed by atoms with Gasteiger partial charge < -0.3 is 4.74 Å². The molecule has 1 aromatic heterocycles. The van der Waals surface area contributed by atoms with E-state index in [9.17, 15) is 0 Å². The van der Waals surface area contributed by atoms with E-state index in [1.54, 1.807) is 13.3 Å². The molecule has 1 heterocycles. The first-order valence-corrected chi connectivity index (χ1v) is 4.28. The number of pyridine rings is 1. The van der Waals surface area contributed by atoms with Crippen molar-refractivity contribution in [2.75, 3.05) is 7.11 Å². The Balaban J connectivity index is 2.37. The average Bonchev–Trinajstić information content (AvgIpc) is 2.99. The fourth-order valence-electron chi connectivity index (χ4n) is 1.43. The largest absolute Gasteiger partial charge is 0.495 e. The molecule has 0 spiro atoms. The van der Waals surface area contributed by atoms with Gasteiger partial charge in [-0.1, -0.05) is 5.92 Å². The molecule has 0 unspecified atom stereocenters. The third-order valence-electron chi connectivity index (χ3n) is 2.53. The van der Waals surface area contributed by atoms with Gasteiger partial charge in [-0.25, -0.2) is 0 Å². The number of terminal acetylenes is 1. The predicted molar refractivity (Wildman–Crippen MR) is 50.5 cm³/mol. The van der Waals surface area contributed by atoms with Crippen molar-refractivity contribution >= 4 is 0 Å². The van der Waals surface area contributed by atoms with E-state index in [1.165, 1.54) is 0 Å². The van der Waals surface area contributed by atoms with E-state index in [2.05, 4.69) is 10.9 Å². The molecule has 13 heavy (non-hydrogen) atoms. The van der Waals surface area contributed by atoms with Crippen molar-refractivity contribution in [2.24, 2.45) is 0 Å². The van der Waals surface area contributed by atoms with Gasteiger partial charge in [-0.15, -0.1) is 6.42 Å². The highest BCUT2D eigenvalue weighted by Crippen LogP contribution is 2.47. The van der Waals surface area contributed by atoms with E-state index in [0.717, 1.165) is 24.2 Å². The van der Waals surface area contributed by atoms with Crippen molar-refractivity contribution in [1.82, 2.24) is 4.98 Å². The highest BCUT2D eigenvalue weighted by molar-refractivity contribution is 5.41. The van der Waals surface area contributed by atoms with E-state index >= 15 is 0 Å². The molecule has 2 rings (SSSR count). The second kappa shape index (κ2) is 2.77. The number of nitrogens with zero attached hydrogens (tertiary/aromatic N) is 1. The summed E-state index contributed by atoms with van der Waals surface area (Å²) in [6.07, 6.45) is 11.1. The van der Waals surface area contributed by atoms with Gasteiger partial charge in [0.25, 0.3) is 0 Å². The number of hydrogen-bond donors (Lipinski definition) is 0. The van der Waals surface area contributed by atoms with Gasteiger partial charge in [0, 0.05) is 6.20 Å². The lowest BCUT2D eigenvalue weighted by Gasteiger charge is -2.08. The van der Waals surface area contributed by atoms with Gasteiger partial charge in [-0.3, -0.25) is 4.98 Å². The lowest BCUT2D eigenvalue weighted by Crippen LogP contribution is -2.03. The molecule has 1 aliphatic rings. The van der Waals surface area contributed by atoms with E-state index < -0.39 is 0 Å². The molecular formula is C11H11NO. The Kier molecular flexibility index (Phi) is 1.73. The van der Waals surface area contributed by atoms with Crippen LogP contribution in [0.25, 0.3) is 0 Å². The summed E-state index contributed by atoms with van der Waals surface area (Å²) >= 11 is 0. The van der Waals surface area contributed by atoms with E-state index in [1.807, 2.05) is 12.3 Å². The van der Waals surface area contributed by atoms with Crippen molar-refractivity contribution < 1.29 is 4.74 Å². The fraction of sp³-hybridized carbons (Fsp3) is 0.364. The van der Waals surface area contributed by atoms with Crippen LogP contribution in [-0.2, 0) is 5.41 Å². The Bertz CT molecular complexity index is 361. The van der Waals surface area contributed by atoms with Gasteiger partial charge in [-0.05, 0) is 24.5 Å². The van der Waals surface area contributed by atoms with Gasteiger partial charge in [0.2, 0.25) is 0 Å².